The van der Waals surface area contributed by atoms with E-state index in [0.29, 0.717) is 6.54 Å². The van der Waals surface area contributed by atoms with Crippen molar-refractivity contribution in [2.45, 2.75) is 26.3 Å². The van der Waals surface area contributed by atoms with Gasteiger partial charge >= 0.3 is 0 Å². The minimum Gasteiger partial charge on any atom is -0.330 e. The topological polar surface area (TPSA) is 56.7 Å². The van der Waals surface area contributed by atoms with Gasteiger partial charge < -0.3 is 5.73 Å². The second kappa shape index (κ2) is 5.10. The van der Waals surface area contributed by atoms with Crippen LogP contribution in [-0.2, 0) is 6.42 Å². The molecule has 0 amide bonds. The van der Waals surface area contributed by atoms with Gasteiger partial charge in [0.05, 0.1) is 17.4 Å². The van der Waals surface area contributed by atoms with Gasteiger partial charge in [-0.25, -0.2) is 4.68 Å². The molecule has 1 heterocycles. The molecule has 90 valence electrons. The lowest BCUT2D eigenvalue weighted by Gasteiger charge is -2.13. The molecule has 1 unspecified atom stereocenters. The molecule has 17 heavy (non-hydrogen) atoms. The maximum atomic E-state index is 5.55. The summed E-state index contributed by atoms with van der Waals surface area (Å²) in [5, 5.41) is 8.41. The van der Waals surface area contributed by atoms with Crippen LogP contribution in [0.1, 0.15) is 29.9 Å². The number of nitrogens with two attached hydrogens (primary N) is 1. The van der Waals surface area contributed by atoms with E-state index in [2.05, 4.69) is 29.4 Å². The average molecular weight is 230 g/mol. The summed E-state index contributed by atoms with van der Waals surface area (Å²) >= 11 is 0. The molecular formula is C13H18N4. The van der Waals surface area contributed by atoms with E-state index in [9.17, 15) is 0 Å². The molecule has 2 rings (SSSR count). The first-order valence-electron chi connectivity index (χ1n) is 5.89. The Kier molecular flexibility index (Phi) is 3.54. The molecule has 2 aromatic rings. The molecule has 0 saturated carbocycles. The van der Waals surface area contributed by atoms with Crippen LogP contribution in [0.3, 0.4) is 0 Å². The second-order valence-corrected chi connectivity index (χ2v) is 4.19. The van der Waals surface area contributed by atoms with Crippen molar-refractivity contribution in [2.75, 3.05) is 6.54 Å². The number of rotatable bonds is 4. The van der Waals surface area contributed by atoms with Gasteiger partial charge in [0.15, 0.2) is 0 Å². The van der Waals surface area contributed by atoms with Crippen LogP contribution >= 0.6 is 0 Å². The van der Waals surface area contributed by atoms with Gasteiger partial charge in [-0.3, -0.25) is 0 Å². The van der Waals surface area contributed by atoms with E-state index in [-0.39, 0.29) is 6.04 Å². The Morgan fingerprint density at radius 1 is 1.29 bits per heavy atom. The monoisotopic (exact) mass is 230 g/mol. The van der Waals surface area contributed by atoms with Crippen LogP contribution in [-0.4, -0.2) is 21.5 Å². The predicted octanol–water partition coefficient (Wildman–Crippen LogP) is 1.70. The highest BCUT2D eigenvalue weighted by Gasteiger charge is 2.14. The first kappa shape index (κ1) is 11.8. The molecular weight excluding hydrogens is 212 g/mol. The first-order valence-corrected chi connectivity index (χ1v) is 5.89. The van der Waals surface area contributed by atoms with Gasteiger partial charge in [-0.15, -0.1) is 5.10 Å². The zero-order chi connectivity index (χ0) is 12.3. The number of hydrogen-bond acceptors (Lipinski definition) is 3. The quantitative estimate of drug-likeness (QED) is 0.869. The third-order valence-corrected chi connectivity index (χ3v) is 3.05. The molecule has 1 aromatic heterocycles. The zero-order valence-electron chi connectivity index (χ0n) is 10.3. The highest BCUT2D eigenvalue weighted by atomic mass is 15.4. The molecule has 0 saturated heterocycles. The number of benzene rings is 1. The molecule has 1 aromatic carbocycles. The van der Waals surface area contributed by atoms with Crippen LogP contribution < -0.4 is 5.73 Å². The van der Waals surface area contributed by atoms with Gasteiger partial charge in [-0.05, 0) is 26.0 Å². The maximum Gasteiger partial charge on any atom is 0.0869 e. The van der Waals surface area contributed by atoms with E-state index >= 15 is 0 Å². The third-order valence-electron chi connectivity index (χ3n) is 3.05. The summed E-state index contributed by atoms with van der Waals surface area (Å²) < 4.78 is 1.96. The summed E-state index contributed by atoms with van der Waals surface area (Å²) in [6.45, 7) is 4.78. The smallest absolute Gasteiger partial charge is 0.0869 e. The van der Waals surface area contributed by atoms with Gasteiger partial charge in [-0.2, -0.15) is 0 Å². The first-order chi connectivity index (χ1) is 8.24. The van der Waals surface area contributed by atoms with Crippen molar-refractivity contribution >= 4 is 0 Å². The van der Waals surface area contributed by atoms with Crippen LogP contribution in [0.5, 0.6) is 0 Å². The molecule has 2 N–H and O–H groups in total. The average Bonchev–Trinajstić information content (AvgIpc) is 2.72. The number of nitrogens with zero attached hydrogens (tertiary/aromatic N) is 3. The van der Waals surface area contributed by atoms with Crippen molar-refractivity contribution in [1.82, 2.24) is 15.0 Å². The molecule has 0 spiro atoms. The van der Waals surface area contributed by atoms with Gasteiger partial charge in [0.2, 0.25) is 0 Å². The summed E-state index contributed by atoms with van der Waals surface area (Å²) in [6.07, 6.45) is 0.785. The minimum absolute atomic E-state index is 0.204. The molecule has 0 aliphatic heterocycles. The van der Waals surface area contributed by atoms with E-state index in [4.69, 9.17) is 5.73 Å². The highest BCUT2D eigenvalue weighted by molar-refractivity contribution is 5.20. The Morgan fingerprint density at radius 3 is 2.65 bits per heavy atom. The Hall–Kier alpha value is -1.68. The largest absolute Gasteiger partial charge is 0.330 e. The lowest BCUT2D eigenvalue weighted by Crippen LogP contribution is -2.11. The molecule has 0 aliphatic carbocycles. The third kappa shape index (κ3) is 2.36. The minimum atomic E-state index is 0.204. The van der Waals surface area contributed by atoms with E-state index in [0.717, 1.165) is 17.8 Å². The number of aromatic nitrogens is 3. The summed E-state index contributed by atoms with van der Waals surface area (Å²) in [4.78, 5) is 0. The summed E-state index contributed by atoms with van der Waals surface area (Å²) in [5.41, 5.74) is 8.88. The normalized spacial score (nSPS) is 12.6. The van der Waals surface area contributed by atoms with Crippen LogP contribution in [0, 0.1) is 6.92 Å². The number of hydrogen-bond donors (Lipinski definition) is 1. The van der Waals surface area contributed by atoms with Crippen molar-refractivity contribution in [3.05, 3.63) is 47.3 Å². The molecule has 0 bridgehead atoms. The fourth-order valence-electron chi connectivity index (χ4n) is 1.98. The van der Waals surface area contributed by atoms with Crippen LogP contribution in [0.2, 0.25) is 0 Å². The van der Waals surface area contributed by atoms with Crippen molar-refractivity contribution in [3.63, 3.8) is 0 Å². The van der Waals surface area contributed by atoms with E-state index in [1.807, 2.05) is 29.8 Å². The molecule has 1 atom stereocenters. The molecule has 0 fully saturated rings. The fraction of sp³-hybridized carbons (Fsp3) is 0.385. The summed E-state index contributed by atoms with van der Waals surface area (Å²) in [5.74, 6) is 0. The van der Waals surface area contributed by atoms with E-state index in [1.165, 1.54) is 5.56 Å². The Bertz CT molecular complexity index is 475. The van der Waals surface area contributed by atoms with Gasteiger partial charge in [-0.1, -0.05) is 35.5 Å². The van der Waals surface area contributed by atoms with Crippen molar-refractivity contribution in [1.29, 1.82) is 0 Å². The van der Waals surface area contributed by atoms with Crippen LogP contribution in [0.15, 0.2) is 30.3 Å². The van der Waals surface area contributed by atoms with Crippen LogP contribution in [0.4, 0.5) is 0 Å². The summed E-state index contributed by atoms with van der Waals surface area (Å²) in [7, 11) is 0. The standard InChI is InChI=1S/C13H18N4/c1-10(12-6-4-3-5-7-12)17-11(2)13(8-9-14)15-16-17/h3-7,10H,8-9,14H2,1-2H3. The molecule has 4 nitrogen and oxygen atoms in total. The maximum absolute atomic E-state index is 5.55. The molecule has 0 aliphatic rings. The van der Waals surface area contributed by atoms with Crippen molar-refractivity contribution in [2.24, 2.45) is 5.73 Å². The highest BCUT2D eigenvalue weighted by Crippen LogP contribution is 2.19. The predicted molar refractivity (Wildman–Crippen MR) is 67.8 cm³/mol. The lowest BCUT2D eigenvalue weighted by molar-refractivity contribution is 0.531. The SMILES string of the molecule is Cc1c(CCN)nnn1C(C)c1ccccc1. The van der Waals surface area contributed by atoms with E-state index in [1.54, 1.807) is 0 Å². The van der Waals surface area contributed by atoms with Gasteiger partial charge in [0, 0.05) is 6.42 Å². The molecule has 0 radical (unpaired) electrons. The Labute approximate surface area is 101 Å². The zero-order valence-corrected chi connectivity index (χ0v) is 10.3. The lowest BCUT2D eigenvalue weighted by atomic mass is 10.1. The summed E-state index contributed by atoms with van der Waals surface area (Å²) in [6, 6.07) is 10.5. The van der Waals surface area contributed by atoms with Crippen LogP contribution in [0.25, 0.3) is 0 Å². The van der Waals surface area contributed by atoms with Gasteiger partial charge in [0.25, 0.3) is 0 Å². The Morgan fingerprint density at radius 2 is 2.00 bits per heavy atom. The van der Waals surface area contributed by atoms with Crippen molar-refractivity contribution in [3.8, 4) is 0 Å². The molecule has 4 heteroatoms. The van der Waals surface area contributed by atoms with Crippen molar-refractivity contribution < 1.29 is 0 Å². The van der Waals surface area contributed by atoms with E-state index < -0.39 is 0 Å². The van der Waals surface area contributed by atoms with Gasteiger partial charge in [0.1, 0.15) is 0 Å². The fourth-order valence-corrected chi connectivity index (χ4v) is 1.98. The Balaban J connectivity index is 2.28. The second-order valence-electron chi connectivity index (χ2n) is 4.19.